The first-order valence-corrected chi connectivity index (χ1v) is 8.56. The predicted molar refractivity (Wildman–Crippen MR) is 80.5 cm³/mol. The molecule has 2 heterocycles. The molecule has 3 heteroatoms. The van der Waals surface area contributed by atoms with Crippen LogP contribution in [0.25, 0.3) is 0 Å². The van der Waals surface area contributed by atoms with Crippen molar-refractivity contribution in [3.05, 3.63) is 0 Å². The fourth-order valence-corrected chi connectivity index (χ4v) is 3.87. The van der Waals surface area contributed by atoms with E-state index in [1.54, 1.807) is 0 Å². The summed E-state index contributed by atoms with van der Waals surface area (Å²) in [5.74, 6) is 0.984. The van der Waals surface area contributed by atoms with Gasteiger partial charge in [0.2, 0.25) is 0 Å². The summed E-state index contributed by atoms with van der Waals surface area (Å²) in [4.78, 5) is 5.47. The van der Waals surface area contributed by atoms with Crippen molar-refractivity contribution in [3.8, 4) is 0 Å². The zero-order valence-corrected chi connectivity index (χ0v) is 12.6. The van der Waals surface area contributed by atoms with Gasteiger partial charge in [0.05, 0.1) is 0 Å². The summed E-state index contributed by atoms with van der Waals surface area (Å²) in [5, 5.41) is 3.79. The first-order valence-electron chi connectivity index (χ1n) is 8.56. The quantitative estimate of drug-likeness (QED) is 0.759. The first kappa shape index (κ1) is 13.8. The smallest absolute Gasteiger partial charge is 0.0235 e. The molecule has 2 atom stereocenters. The summed E-state index contributed by atoms with van der Waals surface area (Å²) in [6.07, 6.45) is 8.46. The summed E-state index contributed by atoms with van der Waals surface area (Å²) in [7, 11) is 0. The van der Waals surface area contributed by atoms with Crippen LogP contribution in [-0.4, -0.2) is 61.2 Å². The largest absolute Gasteiger partial charge is 0.312 e. The van der Waals surface area contributed by atoms with Crippen LogP contribution in [0.15, 0.2) is 0 Å². The van der Waals surface area contributed by atoms with Crippen LogP contribution in [0, 0.1) is 5.92 Å². The lowest BCUT2D eigenvalue weighted by Crippen LogP contribution is -2.43. The second kappa shape index (κ2) is 6.55. The molecule has 1 N–H and O–H groups in total. The van der Waals surface area contributed by atoms with Gasteiger partial charge in [0, 0.05) is 25.2 Å². The Morgan fingerprint density at radius 3 is 2.58 bits per heavy atom. The van der Waals surface area contributed by atoms with Crippen molar-refractivity contribution in [2.45, 2.75) is 57.5 Å². The Balaban J connectivity index is 1.44. The molecule has 1 aliphatic carbocycles. The highest BCUT2D eigenvalue weighted by Crippen LogP contribution is 2.33. The third-order valence-electron chi connectivity index (χ3n) is 5.21. The summed E-state index contributed by atoms with van der Waals surface area (Å²) >= 11 is 0. The Labute approximate surface area is 118 Å². The van der Waals surface area contributed by atoms with Crippen LogP contribution in [0.3, 0.4) is 0 Å². The van der Waals surface area contributed by atoms with Crippen molar-refractivity contribution in [2.24, 2.45) is 5.92 Å². The maximum Gasteiger partial charge on any atom is 0.0235 e. The van der Waals surface area contributed by atoms with E-state index in [9.17, 15) is 0 Å². The summed E-state index contributed by atoms with van der Waals surface area (Å²) in [6.45, 7) is 10.2. The van der Waals surface area contributed by atoms with Crippen molar-refractivity contribution in [2.75, 3.05) is 39.3 Å². The van der Waals surface area contributed by atoms with Gasteiger partial charge >= 0.3 is 0 Å². The molecule has 0 aromatic rings. The minimum Gasteiger partial charge on any atom is -0.312 e. The van der Waals surface area contributed by atoms with E-state index in [0.717, 1.165) is 18.0 Å². The lowest BCUT2D eigenvalue weighted by Gasteiger charge is -2.27. The van der Waals surface area contributed by atoms with Crippen LogP contribution >= 0.6 is 0 Å². The fourth-order valence-electron chi connectivity index (χ4n) is 3.87. The Hall–Kier alpha value is -0.120. The Kier molecular flexibility index (Phi) is 4.78. The van der Waals surface area contributed by atoms with Gasteiger partial charge in [-0.05, 0) is 70.6 Å². The highest BCUT2D eigenvalue weighted by atomic mass is 15.3. The zero-order chi connectivity index (χ0) is 13.1. The molecule has 3 fully saturated rings. The van der Waals surface area contributed by atoms with Gasteiger partial charge in [-0.1, -0.05) is 6.92 Å². The molecule has 1 saturated carbocycles. The molecular weight excluding hydrogens is 234 g/mol. The van der Waals surface area contributed by atoms with E-state index in [1.165, 1.54) is 77.8 Å². The second-order valence-electron chi connectivity index (χ2n) is 6.84. The number of likely N-dealkylation sites (tertiary alicyclic amines) is 2. The molecule has 3 nitrogen and oxygen atoms in total. The molecule has 0 amide bonds. The number of rotatable bonds is 7. The molecule has 0 radical (unpaired) electrons. The molecular formula is C16H31N3. The van der Waals surface area contributed by atoms with Crippen molar-refractivity contribution >= 4 is 0 Å². The molecule has 0 aromatic carbocycles. The van der Waals surface area contributed by atoms with Crippen molar-refractivity contribution in [1.82, 2.24) is 15.1 Å². The zero-order valence-electron chi connectivity index (χ0n) is 12.6. The second-order valence-corrected chi connectivity index (χ2v) is 6.84. The predicted octanol–water partition coefficient (Wildman–Crippen LogP) is 1.93. The van der Waals surface area contributed by atoms with E-state index >= 15 is 0 Å². The molecule has 19 heavy (non-hydrogen) atoms. The van der Waals surface area contributed by atoms with Crippen molar-refractivity contribution in [3.63, 3.8) is 0 Å². The first-order chi connectivity index (χ1) is 9.36. The van der Waals surface area contributed by atoms with Gasteiger partial charge in [-0.2, -0.15) is 0 Å². The highest BCUT2D eigenvalue weighted by Gasteiger charge is 2.35. The standard InChI is InChI=1S/C16H31N3/c1-2-8-17-16(14-5-6-14)13-18-11-7-15(12-18)19-9-3-4-10-19/h14-17H,2-13H2,1H3. The molecule has 0 spiro atoms. The number of hydrogen-bond acceptors (Lipinski definition) is 3. The molecule has 2 unspecified atom stereocenters. The van der Waals surface area contributed by atoms with Gasteiger partial charge in [0.25, 0.3) is 0 Å². The Morgan fingerprint density at radius 1 is 1.11 bits per heavy atom. The highest BCUT2D eigenvalue weighted by molar-refractivity contribution is 4.92. The topological polar surface area (TPSA) is 18.5 Å². The molecule has 2 aliphatic heterocycles. The van der Waals surface area contributed by atoms with Crippen LogP contribution in [0.4, 0.5) is 0 Å². The number of hydrogen-bond donors (Lipinski definition) is 1. The van der Waals surface area contributed by atoms with Crippen LogP contribution in [0.1, 0.15) is 45.4 Å². The summed E-state index contributed by atoms with van der Waals surface area (Å²) < 4.78 is 0. The SMILES string of the molecule is CCCNC(CN1CCC(N2CCCC2)C1)C1CC1. The van der Waals surface area contributed by atoms with Crippen LogP contribution in [0.5, 0.6) is 0 Å². The van der Waals surface area contributed by atoms with Gasteiger partial charge in [-0.15, -0.1) is 0 Å². The van der Waals surface area contributed by atoms with Crippen LogP contribution in [-0.2, 0) is 0 Å². The number of nitrogens with zero attached hydrogens (tertiary/aromatic N) is 2. The Morgan fingerprint density at radius 2 is 1.89 bits per heavy atom. The maximum absolute atomic E-state index is 3.79. The monoisotopic (exact) mass is 265 g/mol. The van der Waals surface area contributed by atoms with E-state index in [-0.39, 0.29) is 0 Å². The molecule has 3 aliphatic rings. The van der Waals surface area contributed by atoms with Gasteiger partial charge in [0.15, 0.2) is 0 Å². The van der Waals surface area contributed by atoms with Crippen molar-refractivity contribution in [1.29, 1.82) is 0 Å². The van der Waals surface area contributed by atoms with Gasteiger partial charge in [0.1, 0.15) is 0 Å². The van der Waals surface area contributed by atoms with Crippen LogP contribution in [0.2, 0.25) is 0 Å². The summed E-state index contributed by atoms with van der Waals surface area (Å²) in [5.41, 5.74) is 0. The molecule has 110 valence electrons. The average molecular weight is 265 g/mol. The molecule has 0 aromatic heterocycles. The summed E-state index contributed by atoms with van der Waals surface area (Å²) in [6, 6.07) is 1.64. The molecule has 3 rings (SSSR count). The van der Waals surface area contributed by atoms with Crippen LogP contribution < -0.4 is 5.32 Å². The molecule has 2 saturated heterocycles. The third kappa shape index (κ3) is 3.71. The minimum absolute atomic E-state index is 0.775. The van der Waals surface area contributed by atoms with E-state index in [0.29, 0.717) is 0 Å². The minimum atomic E-state index is 0.775. The fraction of sp³-hybridized carbons (Fsp3) is 1.00. The number of nitrogens with one attached hydrogen (secondary N) is 1. The lowest BCUT2D eigenvalue weighted by atomic mass is 10.1. The normalized spacial score (nSPS) is 31.1. The lowest BCUT2D eigenvalue weighted by molar-refractivity contribution is 0.219. The third-order valence-corrected chi connectivity index (χ3v) is 5.21. The van der Waals surface area contributed by atoms with E-state index in [1.807, 2.05) is 0 Å². The van der Waals surface area contributed by atoms with E-state index in [2.05, 4.69) is 22.0 Å². The molecule has 0 bridgehead atoms. The van der Waals surface area contributed by atoms with Gasteiger partial charge < -0.3 is 10.2 Å². The van der Waals surface area contributed by atoms with Crippen molar-refractivity contribution < 1.29 is 0 Å². The average Bonchev–Trinajstić information content (AvgIpc) is 2.93. The van der Waals surface area contributed by atoms with Gasteiger partial charge in [-0.3, -0.25) is 4.90 Å². The maximum atomic E-state index is 3.79. The van der Waals surface area contributed by atoms with E-state index in [4.69, 9.17) is 0 Å². The van der Waals surface area contributed by atoms with Gasteiger partial charge in [-0.25, -0.2) is 0 Å². The Bertz CT molecular complexity index is 271. The van der Waals surface area contributed by atoms with E-state index < -0.39 is 0 Å².